The zero-order valence-corrected chi connectivity index (χ0v) is 17.5. The normalized spacial score (nSPS) is 11.0. The zero-order valence-electron chi connectivity index (χ0n) is 16.7. The number of ketones is 1. The van der Waals surface area contributed by atoms with E-state index in [1.54, 1.807) is 7.11 Å². The summed E-state index contributed by atoms with van der Waals surface area (Å²) in [5, 5.41) is 9.47. The third kappa shape index (κ3) is 4.69. The van der Waals surface area contributed by atoms with Crippen molar-refractivity contribution < 1.29 is 9.53 Å². The number of hydrogen-bond acceptors (Lipinski definition) is 5. The van der Waals surface area contributed by atoms with Crippen LogP contribution in [-0.4, -0.2) is 40.0 Å². The van der Waals surface area contributed by atoms with E-state index in [0.717, 1.165) is 38.8 Å². The molecule has 0 saturated heterocycles. The summed E-state index contributed by atoms with van der Waals surface area (Å²) in [7, 11) is 1.67. The molecule has 0 N–H and O–H groups in total. The first-order chi connectivity index (χ1) is 13.5. The Morgan fingerprint density at radius 1 is 1.07 bits per heavy atom. The van der Waals surface area contributed by atoms with Crippen LogP contribution < -0.4 is 0 Å². The monoisotopic (exact) mass is 395 g/mol. The fraction of sp³-hybridized carbons (Fsp3) is 0.318. The topological polar surface area (TPSA) is 57.0 Å². The lowest BCUT2D eigenvalue weighted by molar-refractivity contribution is 0.102. The van der Waals surface area contributed by atoms with Crippen molar-refractivity contribution >= 4 is 17.5 Å². The van der Waals surface area contributed by atoms with E-state index in [4.69, 9.17) is 4.74 Å². The van der Waals surface area contributed by atoms with E-state index in [9.17, 15) is 4.79 Å². The molecule has 0 amide bonds. The molecular weight excluding hydrogens is 370 g/mol. The average molecular weight is 396 g/mol. The van der Waals surface area contributed by atoms with Gasteiger partial charge in [0.05, 0.1) is 18.9 Å². The van der Waals surface area contributed by atoms with Crippen LogP contribution in [-0.2, 0) is 11.3 Å². The van der Waals surface area contributed by atoms with E-state index in [-0.39, 0.29) is 5.78 Å². The highest BCUT2D eigenvalue weighted by atomic mass is 32.2. The lowest BCUT2D eigenvalue weighted by atomic mass is 10.0. The number of rotatable bonds is 8. The summed E-state index contributed by atoms with van der Waals surface area (Å²) < 4.78 is 7.28. The maximum absolute atomic E-state index is 12.7. The molecule has 0 aliphatic rings. The van der Waals surface area contributed by atoms with Gasteiger partial charge in [0.15, 0.2) is 16.8 Å². The summed E-state index contributed by atoms with van der Waals surface area (Å²) in [5.41, 5.74) is 5.03. The molecule has 0 saturated carbocycles. The first-order valence-electron chi connectivity index (χ1n) is 9.22. The third-order valence-electron chi connectivity index (χ3n) is 4.54. The van der Waals surface area contributed by atoms with Gasteiger partial charge in [-0.25, -0.2) is 0 Å². The summed E-state index contributed by atoms with van der Waals surface area (Å²) in [6.07, 6.45) is 0. The SMILES string of the molecule is COCCn1c(SCC(=O)c2cc(C)ccc2C)nnc1-c1cccc(C)c1. The highest BCUT2D eigenvalue weighted by Crippen LogP contribution is 2.25. The molecule has 0 bridgehead atoms. The van der Waals surface area contributed by atoms with E-state index in [1.807, 2.05) is 48.7 Å². The molecule has 1 heterocycles. The molecule has 0 aliphatic carbocycles. The second kappa shape index (κ2) is 9.17. The molecule has 0 radical (unpaired) electrons. The number of thioether (sulfide) groups is 1. The van der Waals surface area contributed by atoms with Gasteiger partial charge in [-0.2, -0.15) is 0 Å². The van der Waals surface area contributed by atoms with Gasteiger partial charge in [0.2, 0.25) is 0 Å². The van der Waals surface area contributed by atoms with Gasteiger partial charge in [-0.05, 0) is 38.5 Å². The first kappa shape index (κ1) is 20.3. The van der Waals surface area contributed by atoms with Crippen molar-refractivity contribution in [2.24, 2.45) is 0 Å². The molecule has 146 valence electrons. The number of aryl methyl sites for hydroxylation is 3. The summed E-state index contributed by atoms with van der Waals surface area (Å²) in [6, 6.07) is 14.1. The molecular formula is C22H25N3O2S. The Hall–Kier alpha value is -2.44. The number of aromatic nitrogens is 3. The fourth-order valence-corrected chi connectivity index (χ4v) is 3.87. The molecule has 0 atom stereocenters. The Labute approximate surface area is 170 Å². The van der Waals surface area contributed by atoms with E-state index < -0.39 is 0 Å². The van der Waals surface area contributed by atoms with Crippen molar-refractivity contribution in [3.63, 3.8) is 0 Å². The average Bonchev–Trinajstić information content (AvgIpc) is 3.09. The van der Waals surface area contributed by atoms with Crippen LogP contribution in [0.3, 0.4) is 0 Å². The lowest BCUT2D eigenvalue weighted by Gasteiger charge is -2.10. The van der Waals surface area contributed by atoms with E-state index in [2.05, 4.69) is 29.3 Å². The molecule has 0 aliphatic heterocycles. The van der Waals surface area contributed by atoms with Crippen LogP contribution in [0, 0.1) is 20.8 Å². The van der Waals surface area contributed by atoms with Gasteiger partial charge >= 0.3 is 0 Å². The van der Waals surface area contributed by atoms with Crippen LogP contribution >= 0.6 is 11.8 Å². The number of Topliss-reactive ketones (excluding diaryl/α,β-unsaturated/α-hetero) is 1. The smallest absolute Gasteiger partial charge is 0.192 e. The zero-order chi connectivity index (χ0) is 20.1. The standard InChI is InChI=1S/C22H25N3O2S/c1-15-6-5-7-18(12-15)21-23-24-22(25(21)10-11-27-4)28-14-20(26)19-13-16(2)8-9-17(19)3/h5-9,12-13H,10-11,14H2,1-4H3. The maximum atomic E-state index is 12.7. The first-order valence-corrected chi connectivity index (χ1v) is 10.2. The van der Waals surface area contributed by atoms with Gasteiger partial charge in [0.25, 0.3) is 0 Å². The molecule has 28 heavy (non-hydrogen) atoms. The van der Waals surface area contributed by atoms with E-state index in [1.165, 1.54) is 11.8 Å². The van der Waals surface area contributed by atoms with Crippen LogP contribution in [0.15, 0.2) is 47.6 Å². The molecule has 0 spiro atoms. The summed E-state index contributed by atoms with van der Waals surface area (Å²) in [4.78, 5) is 12.7. The second-order valence-electron chi connectivity index (χ2n) is 6.85. The van der Waals surface area contributed by atoms with Crippen LogP contribution in [0.2, 0.25) is 0 Å². The molecule has 6 heteroatoms. The molecule has 1 aromatic heterocycles. The van der Waals surface area contributed by atoms with Crippen LogP contribution in [0.4, 0.5) is 0 Å². The van der Waals surface area contributed by atoms with Gasteiger partial charge in [0.1, 0.15) is 0 Å². The number of nitrogens with zero attached hydrogens (tertiary/aromatic N) is 3. The van der Waals surface area contributed by atoms with Crippen molar-refractivity contribution in [1.29, 1.82) is 0 Å². The van der Waals surface area contributed by atoms with Crippen molar-refractivity contribution in [1.82, 2.24) is 14.8 Å². The third-order valence-corrected chi connectivity index (χ3v) is 5.50. The van der Waals surface area contributed by atoms with E-state index in [0.29, 0.717) is 18.9 Å². The number of methoxy groups -OCH3 is 1. The Bertz CT molecular complexity index is 982. The van der Waals surface area contributed by atoms with Crippen molar-refractivity contribution in [3.05, 3.63) is 64.7 Å². The van der Waals surface area contributed by atoms with Crippen molar-refractivity contribution in [3.8, 4) is 11.4 Å². The minimum absolute atomic E-state index is 0.101. The summed E-state index contributed by atoms with van der Waals surface area (Å²) >= 11 is 1.42. The fourth-order valence-electron chi connectivity index (χ4n) is 3.02. The predicted molar refractivity (Wildman–Crippen MR) is 113 cm³/mol. The quantitative estimate of drug-likeness (QED) is 0.415. The predicted octanol–water partition coefficient (Wildman–Crippen LogP) is 4.49. The van der Waals surface area contributed by atoms with Crippen molar-refractivity contribution in [2.45, 2.75) is 32.5 Å². The van der Waals surface area contributed by atoms with Crippen LogP contribution in [0.25, 0.3) is 11.4 Å². The Morgan fingerprint density at radius 2 is 1.86 bits per heavy atom. The highest BCUT2D eigenvalue weighted by molar-refractivity contribution is 7.99. The largest absolute Gasteiger partial charge is 0.383 e. The molecule has 0 unspecified atom stereocenters. The molecule has 0 fully saturated rings. The number of ether oxygens (including phenoxy) is 1. The summed E-state index contributed by atoms with van der Waals surface area (Å²) in [6.45, 7) is 7.20. The van der Waals surface area contributed by atoms with Gasteiger partial charge in [-0.3, -0.25) is 9.36 Å². The Balaban J connectivity index is 1.83. The van der Waals surface area contributed by atoms with Gasteiger partial charge in [-0.1, -0.05) is 53.2 Å². The Kier molecular flexibility index (Phi) is 6.65. The summed E-state index contributed by atoms with van der Waals surface area (Å²) in [5.74, 6) is 1.22. The van der Waals surface area contributed by atoms with E-state index >= 15 is 0 Å². The highest BCUT2D eigenvalue weighted by Gasteiger charge is 2.17. The molecule has 3 aromatic rings. The lowest BCUT2D eigenvalue weighted by Crippen LogP contribution is -2.10. The molecule has 2 aromatic carbocycles. The number of benzene rings is 2. The maximum Gasteiger partial charge on any atom is 0.192 e. The van der Waals surface area contributed by atoms with Gasteiger partial charge in [-0.15, -0.1) is 10.2 Å². The molecule has 3 rings (SSSR count). The second-order valence-corrected chi connectivity index (χ2v) is 7.79. The number of carbonyl (C=O) groups excluding carboxylic acids is 1. The van der Waals surface area contributed by atoms with Crippen molar-refractivity contribution in [2.75, 3.05) is 19.5 Å². The van der Waals surface area contributed by atoms with Crippen LogP contribution in [0.1, 0.15) is 27.0 Å². The number of carbonyl (C=O) groups is 1. The minimum atomic E-state index is 0.101. The van der Waals surface area contributed by atoms with Crippen LogP contribution in [0.5, 0.6) is 0 Å². The number of hydrogen-bond donors (Lipinski definition) is 0. The Morgan fingerprint density at radius 3 is 2.61 bits per heavy atom. The van der Waals surface area contributed by atoms with Gasteiger partial charge < -0.3 is 4.74 Å². The molecule has 5 nitrogen and oxygen atoms in total. The van der Waals surface area contributed by atoms with Gasteiger partial charge in [0, 0.05) is 18.2 Å². The minimum Gasteiger partial charge on any atom is -0.383 e.